The van der Waals surface area contributed by atoms with Crippen molar-refractivity contribution in [3.8, 4) is 0 Å². The maximum Gasteiger partial charge on any atom is 0.309 e. The monoisotopic (exact) mass is 392 g/mol. The van der Waals surface area contributed by atoms with E-state index in [0.717, 1.165) is 0 Å². The lowest BCUT2D eigenvalue weighted by Gasteiger charge is -2.44. The number of hydrogen-bond donors (Lipinski definition) is 0. The molecule has 0 aromatic rings. The van der Waals surface area contributed by atoms with Crippen molar-refractivity contribution in [3.63, 3.8) is 0 Å². The Kier molecular flexibility index (Phi) is 3.38. The zero-order chi connectivity index (χ0) is 20.2. The van der Waals surface area contributed by atoms with Crippen LogP contribution in [0.2, 0.25) is 0 Å². The van der Waals surface area contributed by atoms with Gasteiger partial charge < -0.3 is 18.9 Å². The van der Waals surface area contributed by atoms with Crippen molar-refractivity contribution < 1.29 is 38.1 Å². The Balaban J connectivity index is 1.57. The molecule has 6 saturated carbocycles. The van der Waals surface area contributed by atoms with Gasteiger partial charge in [0.15, 0.2) is 0 Å². The van der Waals surface area contributed by atoms with E-state index in [-0.39, 0.29) is 83.4 Å². The van der Waals surface area contributed by atoms with E-state index < -0.39 is 11.8 Å². The molecule has 6 fully saturated rings. The third-order valence-corrected chi connectivity index (χ3v) is 8.65. The fraction of sp³-hybridized carbons (Fsp3) is 0.800. The summed E-state index contributed by atoms with van der Waals surface area (Å²) >= 11 is 0. The zero-order valence-corrected chi connectivity index (χ0v) is 16.3. The number of ether oxygens (including phenoxy) is 4. The summed E-state index contributed by atoms with van der Waals surface area (Å²) in [5.74, 6) is -1.88. The number of fused-ring (bicyclic) bond motifs is 1. The van der Waals surface area contributed by atoms with Gasteiger partial charge in [0, 0.05) is 24.7 Å². The van der Waals surface area contributed by atoms with Crippen LogP contribution in [0.25, 0.3) is 0 Å². The van der Waals surface area contributed by atoms with Gasteiger partial charge in [-0.25, -0.2) is 0 Å². The van der Waals surface area contributed by atoms with Gasteiger partial charge in [0.25, 0.3) is 0 Å². The first-order chi connectivity index (χ1) is 13.3. The summed E-state index contributed by atoms with van der Waals surface area (Å²) in [6.07, 6.45) is 0. The van der Waals surface area contributed by atoms with E-state index in [1.54, 1.807) is 0 Å². The van der Waals surface area contributed by atoms with Crippen LogP contribution < -0.4 is 0 Å². The second kappa shape index (κ2) is 5.27. The number of esters is 4. The lowest BCUT2D eigenvalue weighted by atomic mass is 9.58. The minimum absolute atomic E-state index is 0.0253. The molecule has 0 spiro atoms. The Morgan fingerprint density at radius 2 is 1.00 bits per heavy atom. The van der Waals surface area contributed by atoms with Crippen molar-refractivity contribution in [2.45, 2.75) is 13.8 Å². The number of hydrogen-bond acceptors (Lipinski definition) is 8. The molecule has 0 aliphatic heterocycles. The molecule has 0 aromatic heterocycles. The summed E-state index contributed by atoms with van der Waals surface area (Å²) in [5.41, 5.74) is -0.623. The number of carbonyl (C=O) groups is 4. The number of methoxy groups -OCH3 is 2. The molecule has 2 bridgehead atoms. The minimum Gasteiger partial charge on any atom is -0.469 e. The molecule has 0 N–H and O–H groups in total. The summed E-state index contributed by atoms with van der Waals surface area (Å²) in [4.78, 5) is 48.4. The predicted molar refractivity (Wildman–Crippen MR) is 90.1 cm³/mol. The van der Waals surface area contributed by atoms with Crippen LogP contribution in [0.15, 0.2) is 0 Å². The SMILES string of the molecule is COC(=O)[C@@H]1C2[C@@H]3[C@H]4C([C@@H]1C(=O)OC)[C@H]1[C@@H]2C1(COC(C)=O)C34COC(C)=O. The summed E-state index contributed by atoms with van der Waals surface area (Å²) in [7, 11) is 2.67. The average Bonchev–Trinajstić information content (AvgIpc) is 3.51. The van der Waals surface area contributed by atoms with E-state index in [0.29, 0.717) is 0 Å². The molecule has 0 aromatic carbocycles. The molecule has 8 heteroatoms. The van der Waals surface area contributed by atoms with E-state index in [9.17, 15) is 19.2 Å². The van der Waals surface area contributed by atoms with Gasteiger partial charge in [-0.1, -0.05) is 0 Å². The fourth-order valence-electron chi connectivity index (χ4n) is 8.37. The molecule has 8 nitrogen and oxygen atoms in total. The molecule has 6 aliphatic carbocycles. The summed E-state index contributed by atoms with van der Waals surface area (Å²) < 4.78 is 21.0. The van der Waals surface area contributed by atoms with E-state index in [1.807, 2.05) is 0 Å². The van der Waals surface area contributed by atoms with Crippen molar-refractivity contribution in [1.29, 1.82) is 0 Å². The first-order valence-electron chi connectivity index (χ1n) is 9.72. The first kappa shape index (κ1) is 17.9. The van der Waals surface area contributed by atoms with E-state index in [1.165, 1.54) is 28.1 Å². The van der Waals surface area contributed by atoms with Gasteiger partial charge in [0.1, 0.15) is 0 Å². The second-order valence-electron chi connectivity index (χ2n) is 9.00. The maximum absolute atomic E-state index is 12.7. The lowest BCUT2D eigenvalue weighted by molar-refractivity contribution is -0.171. The average molecular weight is 392 g/mol. The highest BCUT2D eigenvalue weighted by Gasteiger charge is 3.05. The Hall–Kier alpha value is -2.12. The highest BCUT2D eigenvalue weighted by Crippen LogP contribution is 3.03. The van der Waals surface area contributed by atoms with Crippen LogP contribution >= 0.6 is 0 Å². The summed E-state index contributed by atoms with van der Waals surface area (Å²) in [5, 5.41) is 0. The van der Waals surface area contributed by atoms with E-state index in [4.69, 9.17) is 18.9 Å². The predicted octanol–water partition coefficient (Wildman–Crippen LogP) is 0.429. The molecule has 6 rings (SSSR count). The first-order valence-corrected chi connectivity index (χ1v) is 9.72. The van der Waals surface area contributed by atoms with Crippen molar-refractivity contribution >= 4 is 23.9 Å². The van der Waals surface area contributed by atoms with Crippen LogP contribution in [0.5, 0.6) is 0 Å². The fourth-order valence-corrected chi connectivity index (χ4v) is 8.37. The quantitative estimate of drug-likeness (QED) is 0.473. The number of rotatable bonds is 6. The smallest absolute Gasteiger partial charge is 0.309 e. The van der Waals surface area contributed by atoms with Gasteiger partial charge in [-0.3, -0.25) is 19.2 Å². The molecule has 0 amide bonds. The Morgan fingerprint density at radius 3 is 1.25 bits per heavy atom. The van der Waals surface area contributed by atoms with Crippen molar-refractivity contribution in [2.24, 2.45) is 58.2 Å². The molecule has 0 saturated heterocycles. The topological polar surface area (TPSA) is 105 Å². The van der Waals surface area contributed by atoms with Gasteiger partial charge in [0.2, 0.25) is 0 Å². The highest BCUT2D eigenvalue weighted by atomic mass is 16.5. The van der Waals surface area contributed by atoms with Crippen LogP contribution in [0.3, 0.4) is 0 Å². The van der Waals surface area contributed by atoms with E-state index in [2.05, 4.69) is 0 Å². The molecular weight excluding hydrogens is 368 g/mol. The standard InChI is InChI=1S/C20H24O8/c1-7(21)27-5-19-13-11-9(17(23)25-3)10(18(24)26-4)12(14(13)19)16-15(11)20(16,19)6-28-8(2)22/h9-16H,5-6H2,1-4H3/t9-,10+,11?,12?,13-,14-,15+,16-,19?,20?/m1/s1. The van der Waals surface area contributed by atoms with Crippen molar-refractivity contribution in [3.05, 3.63) is 0 Å². The third-order valence-electron chi connectivity index (χ3n) is 8.65. The molecule has 10 atom stereocenters. The lowest BCUT2D eigenvalue weighted by Crippen LogP contribution is -2.51. The Morgan fingerprint density at radius 1 is 0.679 bits per heavy atom. The van der Waals surface area contributed by atoms with Crippen LogP contribution in [-0.4, -0.2) is 51.3 Å². The Labute approximate surface area is 162 Å². The maximum atomic E-state index is 12.7. The molecule has 28 heavy (non-hydrogen) atoms. The highest BCUT2D eigenvalue weighted by molar-refractivity contribution is 5.85. The summed E-state index contributed by atoms with van der Waals surface area (Å²) in [6.45, 7) is 3.25. The van der Waals surface area contributed by atoms with Gasteiger partial charge in [0.05, 0.1) is 39.3 Å². The largest absolute Gasteiger partial charge is 0.469 e. The van der Waals surface area contributed by atoms with Gasteiger partial charge in [-0.05, 0) is 35.5 Å². The number of carbonyl (C=O) groups excluding carboxylic acids is 4. The molecular formula is C20H24O8. The summed E-state index contributed by atoms with van der Waals surface area (Å²) in [6, 6.07) is 0. The Bertz CT molecular complexity index is 716. The minimum atomic E-state index is -0.550. The van der Waals surface area contributed by atoms with Gasteiger partial charge in [-0.2, -0.15) is 0 Å². The molecule has 152 valence electrons. The van der Waals surface area contributed by atoms with Crippen molar-refractivity contribution in [1.82, 2.24) is 0 Å². The van der Waals surface area contributed by atoms with Crippen molar-refractivity contribution in [2.75, 3.05) is 27.4 Å². The van der Waals surface area contributed by atoms with Crippen LogP contribution in [0.4, 0.5) is 0 Å². The molecule has 4 unspecified atom stereocenters. The zero-order valence-electron chi connectivity index (χ0n) is 16.3. The van der Waals surface area contributed by atoms with Crippen LogP contribution in [-0.2, 0) is 38.1 Å². The molecule has 6 aliphatic rings. The van der Waals surface area contributed by atoms with Gasteiger partial charge in [-0.15, -0.1) is 0 Å². The van der Waals surface area contributed by atoms with Gasteiger partial charge >= 0.3 is 23.9 Å². The molecule has 0 heterocycles. The third kappa shape index (κ3) is 1.66. The van der Waals surface area contributed by atoms with Crippen LogP contribution in [0.1, 0.15) is 13.8 Å². The molecule has 0 radical (unpaired) electrons. The second-order valence-corrected chi connectivity index (χ2v) is 9.00. The van der Waals surface area contributed by atoms with E-state index >= 15 is 0 Å². The van der Waals surface area contributed by atoms with Crippen LogP contribution in [0, 0.1) is 58.2 Å². The normalized spacial score (nSPS) is 49.9.